The summed E-state index contributed by atoms with van der Waals surface area (Å²) in [4.78, 5) is 6.74. The van der Waals surface area contributed by atoms with E-state index in [1.54, 1.807) is 6.20 Å². The van der Waals surface area contributed by atoms with E-state index in [1.807, 2.05) is 18.7 Å². The number of nitrogens with two attached hydrogens (primary N) is 1. The number of hydrogen-bond acceptors (Lipinski definition) is 7. The maximum Gasteiger partial charge on any atom is 0.167 e. The molecule has 3 heterocycles. The van der Waals surface area contributed by atoms with E-state index in [9.17, 15) is 5.26 Å². The number of ether oxygens (including phenoxy) is 1. The van der Waals surface area contributed by atoms with Gasteiger partial charge in [-0.2, -0.15) is 15.0 Å². The van der Waals surface area contributed by atoms with Crippen molar-refractivity contribution in [2.45, 2.75) is 19.3 Å². The highest BCUT2D eigenvalue weighted by Gasteiger charge is 2.31. The van der Waals surface area contributed by atoms with Crippen LogP contribution in [0.3, 0.4) is 0 Å². The number of fused-ring (bicyclic) bond motifs is 1. The van der Waals surface area contributed by atoms with Gasteiger partial charge < -0.3 is 20.8 Å². The number of nitrogens with zero attached hydrogens (tertiary/aromatic N) is 5. The highest BCUT2D eigenvalue weighted by Crippen LogP contribution is 2.40. The molecule has 3 N–H and O–H groups in total. The van der Waals surface area contributed by atoms with Gasteiger partial charge in [-0.05, 0) is 19.9 Å². The lowest BCUT2D eigenvalue weighted by Gasteiger charge is -2.30. The fourth-order valence-electron chi connectivity index (χ4n) is 3.00. The van der Waals surface area contributed by atoms with Crippen LogP contribution in [0.5, 0.6) is 0 Å². The quantitative estimate of drug-likeness (QED) is 0.793. The molecule has 1 aliphatic heterocycles. The van der Waals surface area contributed by atoms with Crippen molar-refractivity contribution in [2.75, 3.05) is 31.2 Å². The Hall–Kier alpha value is -2.63. The van der Waals surface area contributed by atoms with Crippen LogP contribution in [-0.2, 0) is 10.2 Å². The third-order valence-electron chi connectivity index (χ3n) is 4.35. The number of pyridine rings is 1. The van der Waals surface area contributed by atoms with E-state index >= 15 is 0 Å². The maximum absolute atomic E-state index is 9.68. The number of nitrogens with one attached hydrogen (secondary N) is 1. The molecule has 0 saturated carbocycles. The van der Waals surface area contributed by atoms with Crippen LogP contribution in [0.15, 0.2) is 12.3 Å². The molecular weight excluding hydrogens is 354 g/mol. The number of hydrogen-bond donors (Lipinski definition) is 2. The Balaban J connectivity index is 2.32. The smallest absolute Gasteiger partial charge is 0.167 e. The Morgan fingerprint density at radius 3 is 2.77 bits per heavy atom. The largest absolute Gasteiger partial charge is 0.384 e. The predicted molar refractivity (Wildman–Crippen MR) is 101 cm³/mol. The zero-order chi connectivity index (χ0) is 18.9. The third-order valence-corrected chi connectivity index (χ3v) is 4.71. The van der Waals surface area contributed by atoms with Crippen LogP contribution in [0.2, 0.25) is 5.02 Å². The molecule has 0 spiro atoms. The molecule has 2 aromatic heterocycles. The summed E-state index contributed by atoms with van der Waals surface area (Å²) in [6, 6.07) is 2.31. The topological polar surface area (TPSA) is 117 Å². The molecule has 0 aliphatic carbocycles. The van der Waals surface area contributed by atoms with Crippen LogP contribution < -0.4 is 10.6 Å². The zero-order valence-corrected chi connectivity index (χ0v) is 15.4. The van der Waals surface area contributed by atoms with Crippen molar-refractivity contribution in [2.24, 2.45) is 5.73 Å². The summed E-state index contributed by atoms with van der Waals surface area (Å²) in [5.74, 6) is 0.851. The number of anilines is 1. The van der Waals surface area contributed by atoms with Crippen molar-refractivity contribution in [3.05, 3.63) is 22.9 Å². The van der Waals surface area contributed by atoms with Crippen LogP contribution in [0.1, 0.15) is 19.4 Å². The minimum atomic E-state index is -0.840. The SMILES string of the molecule is CC(C)(C#N)c1c(Cl)c(N2CCOCC2)nc2c1cnn2/C(N)=C/C=N. The standard InChI is InChI=1S/C17H20ClN7O/c1-17(2,10-20)13-11-9-22-25(12(21)3-4-19)15(11)23-16(14(13)18)24-5-7-26-8-6-24/h3-4,9,19H,5-8,21H2,1-2H3/b12-3+,19-4?. The molecule has 136 valence electrons. The minimum Gasteiger partial charge on any atom is -0.384 e. The average molecular weight is 374 g/mol. The van der Waals surface area contributed by atoms with E-state index in [1.165, 1.54) is 10.8 Å². The van der Waals surface area contributed by atoms with E-state index < -0.39 is 5.41 Å². The van der Waals surface area contributed by atoms with Gasteiger partial charge in [-0.1, -0.05) is 11.6 Å². The first-order chi connectivity index (χ1) is 12.4. The molecular formula is C17H20ClN7O. The molecule has 2 aromatic rings. The second-order valence-electron chi connectivity index (χ2n) is 6.51. The van der Waals surface area contributed by atoms with Gasteiger partial charge in [0.25, 0.3) is 0 Å². The second-order valence-corrected chi connectivity index (χ2v) is 6.89. The van der Waals surface area contributed by atoms with Crippen molar-refractivity contribution < 1.29 is 4.74 Å². The highest BCUT2D eigenvalue weighted by molar-refractivity contribution is 6.35. The summed E-state index contributed by atoms with van der Waals surface area (Å²) < 4.78 is 6.87. The first-order valence-electron chi connectivity index (χ1n) is 8.19. The number of aromatic nitrogens is 3. The molecule has 1 saturated heterocycles. The second kappa shape index (κ2) is 6.94. The summed E-state index contributed by atoms with van der Waals surface area (Å²) in [7, 11) is 0. The lowest BCUT2D eigenvalue weighted by Crippen LogP contribution is -2.37. The molecule has 0 aromatic carbocycles. The van der Waals surface area contributed by atoms with Crippen molar-refractivity contribution >= 4 is 40.5 Å². The molecule has 0 atom stereocenters. The van der Waals surface area contributed by atoms with E-state index in [0.717, 1.165) is 6.21 Å². The fourth-order valence-corrected chi connectivity index (χ4v) is 3.50. The maximum atomic E-state index is 9.68. The Kier molecular flexibility index (Phi) is 4.85. The van der Waals surface area contributed by atoms with Gasteiger partial charge in [0, 0.05) is 30.3 Å². The number of nitriles is 1. The number of allylic oxidation sites excluding steroid dienone is 1. The van der Waals surface area contributed by atoms with Crippen molar-refractivity contribution in [1.82, 2.24) is 14.8 Å². The first-order valence-corrected chi connectivity index (χ1v) is 8.56. The van der Waals surface area contributed by atoms with Gasteiger partial charge >= 0.3 is 0 Å². The first kappa shape index (κ1) is 18.2. The monoisotopic (exact) mass is 373 g/mol. The van der Waals surface area contributed by atoms with Gasteiger partial charge in [-0.25, -0.2) is 4.98 Å². The number of morpholine rings is 1. The predicted octanol–water partition coefficient (Wildman–Crippen LogP) is 2.13. The summed E-state index contributed by atoms with van der Waals surface area (Å²) in [5, 5.41) is 22.3. The molecule has 3 rings (SSSR count). The van der Waals surface area contributed by atoms with Crippen LogP contribution in [0.25, 0.3) is 16.9 Å². The van der Waals surface area contributed by atoms with Crippen LogP contribution >= 0.6 is 11.6 Å². The molecule has 26 heavy (non-hydrogen) atoms. The molecule has 0 bridgehead atoms. The van der Waals surface area contributed by atoms with Gasteiger partial charge in [0.05, 0.1) is 35.9 Å². The molecule has 1 fully saturated rings. The summed E-state index contributed by atoms with van der Waals surface area (Å²) in [6.45, 7) is 6.11. The third kappa shape index (κ3) is 3.00. The Morgan fingerprint density at radius 1 is 1.46 bits per heavy atom. The van der Waals surface area contributed by atoms with E-state index in [4.69, 9.17) is 32.5 Å². The molecule has 9 heteroatoms. The lowest BCUT2D eigenvalue weighted by atomic mass is 9.85. The van der Waals surface area contributed by atoms with E-state index in [-0.39, 0.29) is 5.82 Å². The summed E-state index contributed by atoms with van der Waals surface area (Å²) in [6.07, 6.45) is 4.12. The fraction of sp³-hybridized carbons (Fsp3) is 0.412. The van der Waals surface area contributed by atoms with Crippen molar-refractivity contribution in [3.63, 3.8) is 0 Å². The summed E-state index contributed by atoms with van der Waals surface area (Å²) >= 11 is 6.72. The van der Waals surface area contributed by atoms with Gasteiger partial charge in [-0.3, -0.25) is 0 Å². The Bertz CT molecular complexity index is 919. The number of rotatable bonds is 4. The van der Waals surface area contributed by atoms with Gasteiger partial charge in [0.1, 0.15) is 11.6 Å². The molecule has 0 unspecified atom stereocenters. The minimum absolute atomic E-state index is 0.262. The molecule has 0 amide bonds. The van der Waals surface area contributed by atoms with Crippen LogP contribution in [0, 0.1) is 16.7 Å². The Labute approximate surface area is 156 Å². The van der Waals surface area contributed by atoms with Crippen LogP contribution in [0.4, 0.5) is 5.82 Å². The lowest BCUT2D eigenvalue weighted by molar-refractivity contribution is 0.122. The normalized spacial score (nSPS) is 15.9. The van der Waals surface area contributed by atoms with Gasteiger partial charge in [0.2, 0.25) is 0 Å². The molecule has 0 radical (unpaired) electrons. The van der Waals surface area contributed by atoms with Gasteiger partial charge in [-0.15, -0.1) is 0 Å². The van der Waals surface area contributed by atoms with Crippen molar-refractivity contribution in [1.29, 1.82) is 10.7 Å². The molecule has 1 aliphatic rings. The summed E-state index contributed by atoms with van der Waals surface area (Å²) in [5.41, 5.74) is 6.35. The van der Waals surface area contributed by atoms with Crippen molar-refractivity contribution in [3.8, 4) is 6.07 Å². The average Bonchev–Trinajstić information content (AvgIpc) is 3.05. The van der Waals surface area contributed by atoms with Crippen LogP contribution in [-0.4, -0.2) is 47.3 Å². The molecule has 8 nitrogen and oxygen atoms in total. The highest BCUT2D eigenvalue weighted by atomic mass is 35.5. The number of halogens is 1. The zero-order valence-electron chi connectivity index (χ0n) is 14.7. The Morgan fingerprint density at radius 2 is 2.15 bits per heavy atom. The van der Waals surface area contributed by atoms with E-state index in [0.29, 0.717) is 53.7 Å². The van der Waals surface area contributed by atoms with Gasteiger partial charge in [0.15, 0.2) is 5.65 Å². The van der Waals surface area contributed by atoms with E-state index in [2.05, 4.69) is 11.2 Å².